The molecular weight excluding hydrogens is 393 g/mol. The summed E-state index contributed by atoms with van der Waals surface area (Å²) in [4.78, 5) is 38.7. The van der Waals surface area contributed by atoms with Gasteiger partial charge in [0, 0.05) is 18.0 Å². The third-order valence-corrected chi connectivity index (χ3v) is 6.25. The second kappa shape index (κ2) is 5.79. The molecule has 8 nitrogen and oxygen atoms in total. The van der Waals surface area contributed by atoms with Gasteiger partial charge in [-0.25, -0.2) is 9.18 Å². The lowest BCUT2D eigenvalue weighted by Gasteiger charge is -2.31. The number of esters is 1. The van der Waals surface area contributed by atoms with Crippen LogP contribution in [0.25, 0.3) is 22.2 Å². The van der Waals surface area contributed by atoms with Crippen molar-refractivity contribution < 1.29 is 19.0 Å². The van der Waals surface area contributed by atoms with Crippen LogP contribution in [-0.4, -0.2) is 20.2 Å². The molecule has 2 aliphatic heterocycles. The first-order valence-electron chi connectivity index (χ1n) is 9.46. The van der Waals surface area contributed by atoms with Gasteiger partial charge in [-0.05, 0) is 24.6 Å². The molecule has 0 saturated carbocycles. The highest BCUT2D eigenvalue weighted by molar-refractivity contribution is 5.89. The largest absolute Gasteiger partial charge is 0.458 e. The highest BCUT2D eigenvalue weighted by Gasteiger charge is 2.45. The highest BCUT2D eigenvalue weighted by Crippen LogP contribution is 2.38. The fraction of sp³-hybridized carbons (Fsp3) is 0.286. The molecule has 0 fully saturated rings. The van der Waals surface area contributed by atoms with Crippen LogP contribution in [0.15, 0.2) is 27.8 Å². The number of anilines is 1. The molecule has 1 atom stereocenters. The molecule has 4 heterocycles. The summed E-state index contributed by atoms with van der Waals surface area (Å²) in [7, 11) is 1.71. The summed E-state index contributed by atoms with van der Waals surface area (Å²) in [6, 6.07) is 3.99. The van der Waals surface area contributed by atoms with Crippen molar-refractivity contribution in [3.63, 3.8) is 0 Å². The molecule has 3 N–H and O–H groups in total. The maximum absolute atomic E-state index is 14.1. The molecular formula is C21H18FN3O5. The number of aliphatic hydroxyl groups is 1. The maximum atomic E-state index is 14.1. The lowest BCUT2D eigenvalue weighted by Crippen LogP contribution is -2.44. The molecule has 3 aromatic rings. The molecule has 5 rings (SSSR count). The van der Waals surface area contributed by atoms with Gasteiger partial charge in [0.2, 0.25) is 0 Å². The molecule has 2 aliphatic rings. The van der Waals surface area contributed by atoms with E-state index in [1.165, 1.54) is 16.7 Å². The number of aryl methyl sites for hydroxylation is 1. The number of carbonyl (C=O) groups is 1. The van der Waals surface area contributed by atoms with Crippen LogP contribution in [0.3, 0.4) is 0 Å². The van der Waals surface area contributed by atoms with E-state index in [0.717, 1.165) is 6.07 Å². The molecule has 0 radical (unpaired) electrons. The molecule has 2 aromatic heterocycles. The Labute approximate surface area is 168 Å². The zero-order valence-corrected chi connectivity index (χ0v) is 16.3. The number of carbonyl (C=O) groups excluding carboxylic acids is 1. The Hall–Kier alpha value is -3.46. The Bertz CT molecular complexity index is 1420. The molecule has 0 aliphatic carbocycles. The first-order chi connectivity index (χ1) is 14.2. The van der Waals surface area contributed by atoms with E-state index in [1.54, 1.807) is 18.5 Å². The standard InChI is InChI=1S/C21H18FN3O5/c1-3-21(29)11-5-15-17-16(7-25(15)19(27)10(11)8-30-20(21)28)24(2)14-6-13(23)12(22)4-9(14)18(17)26/h4-6,29H,3,7-8,23H2,1-2H3/t21-/m0/s1. The number of nitrogen functional groups attached to an aromatic ring is 1. The number of benzene rings is 1. The predicted molar refractivity (Wildman–Crippen MR) is 106 cm³/mol. The van der Waals surface area contributed by atoms with E-state index in [2.05, 4.69) is 0 Å². The smallest absolute Gasteiger partial charge is 0.343 e. The summed E-state index contributed by atoms with van der Waals surface area (Å²) in [5, 5.41) is 11.0. The van der Waals surface area contributed by atoms with Crippen molar-refractivity contribution >= 4 is 22.6 Å². The Kier molecular flexibility index (Phi) is 3.58. The number of hydrogen-bond acceptors (Lipinski definition) is 6. The number of nitrogens with zero attached hydrogens (tertiary/aromatic N) is 2. The normalized spacial score (nSPS) is 19.4. The molecule has 0 saturated heterocycles. The average Bonchev–Trinajstić information content (AvgIpc) is 3.11. The van der Waals surface area contributed by atoms with Crippen molar-refractivity contribution in [3.05, 3.63) is 61.4 Å². The predicted octanol–water partition coefficient (Wildman–Crippen LogP) is 1.10. The van der Waals surface area contributed by atoms with Crippen LogP contribution in [0.4, 0.5) is 10.1 Å². The Morgan fingerprint density at radius 1 is 1.27 bits per heavy atom. The average molecular weight is 411 g/mol. The second-order valence-electron chi connectivity index (χ2n) is 7.70. The van der Waals surface area contributed by atoms with E-state index in [-0.39, 0.29) is 53.0 Å². The van der Waals surface area contributed by atoms with E-state index in [4.69, 9.17) is 10.5 Å². The van der Waals surface area contributed by atoms with Gasteiger partial charge in [0.15, 0.2) is 11.0 Å². The van der Waals surface area contributed by atoms with Crippen molar-refractivity contribution in [2.75, 3.05) is 5.73 Å². The zero-order valence-electron chi connectivity index (χ0n) is 16.3. The van der Waals surface area contributed by atoms with E-state index < -0.39 is 28.4 Å². The van der Waals surface area contributed by atoms with Gasteiger partial charge < -0.3 is 24.7 Å². The number of halogens is 1. The Morgan fingerprint density at radius 3 is 2.70 bits per heavy atom. The summed E-state index contributed by atoms with van der Waals surface area (Å²) in [5.41, 5.74) is 4.63. The number of cyclic esters (lactones) is 1. The van der Waals surface area contributed by atoms with Gasteiger partial charge in [-0.3, -0.25) is 9.59 Å². The summed E-state index contributed by atoms with van der Waals surface area (Å²) in [6.45, 7) is 1.48. The lowest BCUT2D eigenvalue weighted by atomic mass is 9.86. The maximum Gasteiger partial charge on any atom is 0.343 e. The van der Waals surface area contributed by atoms with Crippen molar-refractivity contribution in [3.8, 4) is 11.3 Å². The third-order valence-electron chi connectivity index (χ3n) is 6.25. The number of ether oxygens (including phenoxy) is 1. The minimum atomic E-state index is -1.96. The van der Waals surface area contributed by atoms with Gasteiger partial charge in [-0.15, -0.1) is 0 Å². The summed E-state index contributed by atoms with van der Waals surface area (Å²) in [6.07, 6.45) is 0.00873. The minimum absolute atomic E-state index is 0.00873. The minimum Gasteiger partial charge on any atom is -0.458 e. The SMILES string of the molecule is CC[C@@]1(O)C(=O)OCc2c1cc1n(c2=O)Cc2c-1c(=O)c1cc(F)c(N)cc1n2C. The van der Waals surface area contributed by atoms with Gasteiger partial charge in [0.25, 0.3) is 5.56 Å². The molecule has 30 heavy (non-hydrogen) atoms. The molecule has 0 bridgehead atoms. The number of rotatable bonds is 1. The molecule has 154 valence electrons. The summed E-state index contributed by atoms with van der Waals surface area (Å²) >= 11 is 0. The van der Waals surface area contributed by atoms with Crippen LogP contribution in [0.2, 0.25) is 0 Å². The number of aromatic nitrogens is 2. The topological polar surface area (TPSA) is 117 Å². The van der Waals surface area contributed by atoms with Gasteiger partial charge >= 0.3 is 5.97 Å². The molecule has 0 unspecified atom stereocenters. The van der Waals surface area contributed by atoms with E-state index in [0.29, 0.717) is 11.2 Å². The number of nitrogens with two attached hydrogens (primary N) is 1. The first kappa shape index (κ1) is 18.6. The van der Waals surface area contributed by atoms with Gasteiger partial charge in [-0.1, -0.05) is 6.92 Å². The van der Waals surface area contributed by atoms with Crippen LogP contribution >= 0.6 is 0 Å². The van der Waals surface area contributed by atoms with E-state index >= 15 is 0 Å². The summed E-state index contributed by atoms with van der Waals surface area (Å²) in [5.74, 6) is -1.53. The van der Waals surface area contributed by atoms with Crippen molar-refractivity contribution in [1.82, 2.24) is 9.13 Å². The van der Waals surface area contributed by atoms with Crippen LogP contribution in [-0.2, 0) is 35.3 Å². The zero-order chi connectivity index (χ0) is 21.5. The monoisotopic (exact) mass is 411 g/mol. The van der Waals surface area contributed by atoms with E-state index in [1.807, 2.05) is 0 Å². The first-order valence-corrected chi connectivity index (χ1v) is 9.46. The van der Waals surface area contributed by atoms with Crippen molar-refractivity contribution in [2.45, 2.75) is 32.1 Å². The van der Waals surface area contributed by atoms with Crippen molar-refractivity contribution in [1.29, 1.82) is 0 Å². The number of fused-ring (bicyclic) bond motifs is 5. The quantitative estimate of drug-likeness (QED) is 0.358. The fourth-order valence-electron chi connectivity index (χ4n) is 4.48. The van der Waals surface area contributed by atoms with Crippen LogP contribution in [0.5, 0.6) is 0 Å². The van der Waals surface area contributed by atoms with Crippen LogP contribution in [0, 0.1) is 5.82 Å². The third kappa shape index (κ3) is 2.10. The van der Waals surface area contributed by atoms with Crippen LogP contribution in [0.1, 0.15) is 30.2 Å². The van der Waals surface area contributed by atoms with E-state index in [9.17, 15) is 23.9 Å². The molecule has 0 spiro atoms. The van der Waals surface area contributed by atoms with Gasteiger partial charge in [0.05, 0.1) is 40.3 Å². The van der Waals surface area contributed by atoms with Crippen molar-refractivity contribution in [2.24, 2.45) is 7.05 Å². The second-order valence-corrected chi connectivity index (χ2v) is 7.70. The number of pyridine rings is 2. The fourth-order valence-corrected chi connectivity index (χ4v) is 4.48. The Morgan fingerprint density at radius 2 is 2.00 bits per heavy atom. The molecule has 0 amide bonds. The molecule has 1 aromatic carbocycles. The molecule has 9 heteroatoms. The lowest BCUT2D eigenvalue weighted by molar-refractivity contribution is -0.172. The number of hydrogen-bond donors (Lipinski definition) is 2. The Balaban J connectivity index is 1.89. The van der Waals surface area contributed by atoms with Crippen LogP contribution < -0.4 is 16.7 Å². The van der Waals surface area contributed by atoms with Gasteiger partial charge in [0.1, 0.15) is 12.4 Å². The van der Waals surface area contributed by atoms with Gasteiger partial charge in [-0.2, -0.15) is 0 Å². The highest BCUT2D eigenvalue weighted by atomic mass is 19.1. The summed E-state index contributed by atoms with van der Waals surface area (Å²) < 4.78 is 22.2.